The summed E-state index contributed by atoms with van der Waals surface area (Å²) >= 11 is 9.12. The fourth-order valence-electron chi connectivity index (χ4n) is 2.31. The molecule has 8 nitrogen and oxygen atoms in total. The Labute approximate surface area is 173 Å². The van der Waals surface area contributed by atoms with Crippen molar-refractivity contribution >= 4 is 45.3 Å². The summed E-state index contributed by atoms with van der Waals surface area (Å²) < 4.78 is 2.07. The number of hydrogen-bond donors (Lipinski definition) is 1. The Morgan fingerprint density at radius 3 is 2.57 bits per heavy atom. The number of nitro benzene ring substituents is 1. The SMILES string of the molecule is O=C(N/N=C/c1ccc(Cl)cc1)c1nn(Cc2ccc([N+](=O)[O-])cc2)cc1Br. The van der Waals surface area contributed by atoms with Crippen LogP contribution in [0.1, 0.15) is 21.6 Å². The minimum atomic E-state index is -0.473. The number of carbonyl (C=O) groups is 1. The first-order chi connectivity index (χ1) is 13.4. The van der Waals surface area contributed by atoms with E-state index in [0.717, 1.165) is 11.1 Å². The molecule has 0 saturated carbocycles. The van der Waals surface area contributed by atoms with Crippen LogP contribution in [0.2, 0.25) is 5.02 Å². The predicted octanol–water partition coefficient (Wildman–Crippen LogP) is 4.02. The number of carbonyl (C=O) groups excluding carboxylic acids is 1. The van der Waals surface area contributed by atoms with Crippen molar-refractivity contribution in [2.75, 3.05) is 0 Å². The average Bonchev–Trinajstić information content (AvgIpc) is 3.04. The van der Waals surface area contributed by atoms with E-state index >= 15 is 0 Å². The van der Waals surface area contributed by atoms with Crippen molar-refractivity contribution in [1.29, 1.82) is 0 Å². The highest BCUT2D eigenvalue weighted by Gasteiger charge is 2.15. The van der Waals surface area contributed by atoms with Crippen molar-refractivity contribution in [3.63, 3.8) is 0 Å². The van der Waals surface area contributed by atoms with Gasteiger partial charge in [0, 0.05) is 23.4 Å². The molecule has 0 aliphatic rings. The van der Waals surface area contributed by atoms with Crippen molar-refractivity contribution in [3.05, 3.63) is 91.2 Å². The second-order valence-corrected chi connectivity index (χ2v) is 6.99. The van der Waals surface area contributed by atoms with Gasteiger partial charge in [-0.3, -0.25) is 19.6 Å². The number of benzene rings is 2. The van der Waals surface area contributed by atoms with E-state index in [1.54, 1.807) is 47.3 Å². The molecule has 142 valence electrons. The smallest absolute Gasteiger partial charge is 0.266 e. The largest absolute Gasteiger partial charge is 0.293 e. The number of amides is 1. The van der Waals surface area contributed by atoms with Gasteiger partial charge >= 0.3 is 0 Å². The van der Waals surface area contributed by atoms with Gasteiger partial charge in [-0.1, -0.05) is 35.9 Å². The molecule has 0 unspecified atom stereocenters. The molecule has 1 aromatic heterocycles. The van der Waals surface area contributed by atoms with Gasteiger partial charge in [-0.05, 0) is 39.2 Å². The molecule has 1 amide bonds. The van der Waals surface area contributed by atoms with Crippen LogP contribution in [-0.4, -0.2) is 26.8 Å². The normalized spacial score (nSPS) is 10.9. The summed E-state index contributed by atoms with van der Waals surface area (Å²) in [5, 5.41) is 19.5. The zero-order chi connectivity index (χ0) is 20.1. The molecular formula is C18H13BrClN5O3. The first-order valence-corrected chi connectivity index (χ1v) is 9.15. The quantitative estimate of drug-likeness (QED) is 0.339. The van der Waals surface area contributed by atoms with E-state index in [1.165, 1.54) is 18.3 Å². The maximum Gasteiger partial charge on any atom is 0.293 e. The van der Waals surface area contributed by atoms with Crippen LogP contribution in [0.3, 0.4) is 0 Å². The first kappa shape index (κ1) is 19.7. The number of halogens is 2. The lowest BCUT2D eigenvalue weighted by Gasteiger charge is -2.01. The highest BCUT2D eigenvalue weighted by atomic mass is 79.9. The van der Waals surface area contributed by atoms with E-state index in [1.807, 2.05) is 0 Å². The molecule has 0 saturated heterocycles. The predicted molar refractivity (Wildman–Crippen MR) is 109 cm³/mol. The summed E-state index contributed by atoms with van der Waals surface area (Å²) in [6.07, 6.45) is 3.15. The van der Waals surface area contributed by atoms with Crippen LogP contribution >= 0.6 is 27.5 Å². The van der Waals surface area contributed by atoms with Crippen molar-refractivity contribution < 1.29 is 9.72 Å². The number of nitrogens with zero attached hydrogens (tertiary/aromatic N) is 4. The van der Waals surface area contributed by atoms with Crippen molar-refractivity contribution in [2.45, 2.75) is 6.54 Å². The van der Waals surface area contributed by atoms with E-state index in [0.29, 0.717) is 16.0 Å². The number of nitro groups is 1. The number of aromatic nitrogens is 2. The lowest BCUT2D eigenvalue weighted by molar-refractivity contribution is -0.384. The van der Waals surface area contributed by atoms with Gasteiger partial charge in [0.25, 0.3) is 11.6 Å². The third-order valence-corrected chi connectivity index (χ3v) is 4.51. The molecule has 3 aromatic rings. The maximum atomic E-state index is 12.3. The Kier molecular flexibility index (Phi) is 6.17. The fourth-order valence-corrected chi connectivity index (χ4v) is 2.93. The minimum absolute atomic E-state index is 0.0176. The van der Waals surface area contributed by atoms with E-state index < -0.39 is 10.8 Å². The van der Waals surface area contributed by atoms with Crippen molar-refractivity contribution in [2.24, 2.45) is 5.10 Å². The summed E-state index contributed by atoms with van der Waals surface area (Å²) in [6, 6.07) is 13.1. The zero-order valence-corrected chi connectivity index (χ0v) is 16.6. The summed E-state index contributed by atoms with van der Waals surface area (Å²) in [5.74, 6) is -0.473. The molecule has 10 heteroatoms. The van der Waals surface area contributed by atoms with Gasteiger partial charge in [-0.25, -0.2) is 5.43 Å². The van der Waals surface area contributed by atoms with Gasteiger partial charge in [-0.2, -0.15) is 10.2 Å². The van der Waals surface area contributed by atoms with Gasteiger partial charge in [0.15, 0.2) is 5.69 Å². The maximum absolute atomic E-state index is 12.3. The first-order valence-electron chi connectivity index (χ1n) is 7.97. The molecule has 0 spiro atoms. The molecule has 0 atom stereocenters. The molecule has 1 N–H and O–H groups in total. The molecule has 3 rings (SSSR count). The Morgan fingerprint density at radius 2 is 1.93 bits per heavy atom. The van der Waals surface area contributed by atoms with Gasteiger partial charge < -0.3 is 0 Å². The average molecular weight is 463 g/mol. The summed E-state index contributed by atoms with van der Waals surface area (Å²) in [7, 11) is 0. The number of rotatable bonds is 6. The molecule has 0 fully saturated rings. The minimum Gasteiger partial charge on any atom is -0.266 e. The highest BCUT2D eigenvalue weighted by molar-refractivity contribution is 9.10. The third kappa shape index (κ3) is 5.02. The number of hydrazone groups is 1. The topological polar surface area (TPSA) is 102 Å². The Balaban J connectivity index is 1.64. The molecule has 0 aliphatic heterocycles. The third-order valence-electron chi connectivity index (χ3n) is 3.67. The van der Waals surface area contributed by atoms with Crippen LogP contribution < -0.4 is 5.43 Å². The van der Waals surface area contributed by atoms with Crippen LogP contribution in [0.25, 0.3) is 0 Å². The number of hydrogen-bond acceptors (Lipinski definition) is 5. The second kappa shape index (κ2) is 8.77. The van der Waals surface area contributed by atoms with E-state index in [9.17, 15) is 14.9 Å². The summed E-state index contributed by atoms with van der Waals surface area (Å²) in [6.45, 7) is 0.359. The van der Waals surface area contributed by atoms with Gasteiger partial charge in [0.1, 0.15) is 0 Å². The molecule has 2 aromatic carbocycles. The summed E-state index contributed by atoms with van der Waals surface area (Å²) in [4.78, 5) is 22.5. The Morgan fingerprint density at radius 1 is 1.25 bits per heavy atom. The van der Waals surface area contributed by atoms with E-state index in [2.05, 4.69) is 31.6 Å². The van der Waals surface area contributed by atoms with Gasteiger partial charge in [0.05, 0.1) is 22.2 Å². The van der Waals surface area contributed by atoms with Crippen LogP contribution in [0, 0.1) is 10.1 Å². The van der Waals surface area contributed by atoms with E-state index in [4.69, 9.17) is 11.6 Å². The Hall–Kier alpha value is -3.04. The monoisotopic (exact) mass is 461 g/mol. The van der Waals surface area contributed by atoms with Crippen LogP contribution in [-0.2, 0) is 6.54 Å². The molecule has 0 aliphatic carbocycles. The van der Waals surface area contributed by atoms with Crippen LogP contribution in [0.4, 0.5) is 5.69 Å². The fraction of sp³-hybridized carbons (Fsp3) is 0.0556. The molecule has 1 heterocycles. The molecule has 0 radical (unpaired) electrons. The van der Waals surface area contributed by atoms with Crippen molar-refractivity contribution in [3.8, 4) is 0 Å². The highest BCUT2D eigenvalue weighted by Crippen LogP contribution is 2.17. The van der Waals surface area contributed by atoms with Crippen LogP contribution in [0.5, 0.6) is 0 Å². The second-order valence-electron chi connectivity index (χ2n) is 5.70. The summed E-state index contributed by atoms with van der Waals surface area (Å²) in [5.41, 5.74) is 4.21. The van der Waals surface area contributed by atoms with Gasteiger partial charge in [0.2, 0.25) is 0 Å². The molecule has 0 bridgehead atoms. The van der Waals surface area contributed by atoms with Crippen molar-refractivity contribution in [1.82, 2.24) is 15.2 Å². The standard InChI is InChI=1S/C18H13BrClN5O3/c19-16-11-24(10-13-3-7-15(8-4-13)25(27)28)23-17(16)18(26)22-21-9-12-1-5-14(20)6-2-12/h1-9,11H,10H2,(H,22,26)/b21-9+. The Bertz CT molecular complexity index is 1030. The zero-order valence-electron chi connectivity index (χ0n) is 14.3. The van der Waals surface area contributed by atoms with Gasteiger partial charge in [-0.15, -0.1) is 0 Å². The molecular weight excluding hydrogens is 450 g/mol. The number of non-ortho nitro benzene ring substituents is 1. The number of nitrogens with one attached hydrogen (secondary N) is 1. The van der Waals surface area contributed by atoms with E-state index in [-0.39, 0.29) is 11.4 Å². The molecule has 28 heavy (non-hydrogen) atoms. The van der Waals surface area contributed by atoms with Crippen LogP contribution in [0.15, 0.2) is 64.3 Å². The lowest BCUT2D eigenvalue weighted by atomic mass is 10.2. The lowest BCUT2D eigenvalue weighted by Crippen LogP contribution is -2.19.